The highest BCUT2D eigenvalue weighted by molar-refractivity contribution is 7.99. The fraction of sp³-hybridized carbons (Fsp3) is 0.316. The second-order valence-electron chi connectivity index (χ2n) is 6.37. The number of benzene rings is 2. The van der Waals surface area contributed by atoms with Crippen LogP contribution in [0.5, 0.6) is 0 Å². The molecule has 0 spiro atoms. The summed E-state index contributed by atoms with van der Waals surface area (Å²) in [4.78, 5) is 25.6. The van der Waals surface area contributed by atoms with E-state index >= 15 is 0 Å². The summed E-state index contributed by atoms with van der Waals surface area (Å²) in [6.45, 7) is 1.02. The van der Waals surface area contributed by atoms with E-state index in [1.54, 1.807) is 42.5 Å². The zero-order valence-electron chi connectivity index (χ0n) is 14.9. The molecule has 1 saturated heterocycles. The molecule has 0 atom stereocenters. The lowest BCUT2D eigenvalue weighted by atomic mass is 9.95. The van der Waals surface area contributed by atoms with Crippen LogP contribution in [0, 0.1) is 16.0 Å². The number of anilines is 2. The van der Waals surface area contributed by atoms with Crippen molar-refractivity contribution in [1.29, 1.82) is 0 Å². The Labute approximate surface area is 165 Å². The van der Waals surface area contributed by atoms with Gasteiger partial charge in [0.25, 0.3) is 11.4 Å². The van der Waals surface area contributed by atoms with Crippen molar-refractivity contribution in [3.63, 3.8) is 0 Å². The topological polar surface area (TPSA) is 75.5 Å². The maximum Gasteiger partial charge on any atom is 0.292 e. The van der Waals surface area contributed by atoms with Crippen molar-refractivity contribution < 1.29 is 18.5 Å². The van der Waals surface area contributed by atoms with Crippen molar-refractivity contribution in [2.45, 2.75) is 23.5 Å². The predicted octanol–water partition coefficient (Wildman–Crippen LogP) is 4.76. The Morgan fingerprint density at radius 1 is 1.14 bits per heavy atom. The van der Waals surface area contributed by atoms with Gasteiger partial charge in [-0.1, -0.05) is 36.0 Å². The van der Waals surface area contributed by atoms with Gasteiger partial charge < -0.3 is 10.2 Å². The molecule has 1 N–H and O–H groups in total. The van der Waals surface area contributed by atoms with Gasteiger partial charge in [-0.2, -0.15) is 8.78 Å². The number of para-hydroxylation sites is 3. The molecule has 1 fully saturated rings. The number of nitro benzene ring substituents is 1. The average Bonchev–Trinajstić information content (AvgIpc) is 2.69. The lowest BCUT2D eigenvalue weighted by molar-refractivity contribution is -0.384. The van der Waals surface area contributed by atoms with Gasteiger partial charge in [0.2, 0.25) is 5.91 Å². The van der Waals surface area contributed by atoms with Gasteiger partial charge in [0.15, 0.2) is 0 Å². The number of halogens is 2. The summed E-state index contributed by atoms with van der Waals surface area (Å²) in [5, 5.41) is 14.0. The standard InChI is InChI=1S/C19H19F2N3O3S/c20-19(21)28-17-8-4-1-5-14(17)22-18(25)13-9-11-23(12-10-13)15-6-2-3-7-16(15)24(26)27/h1-8,13,19H,9-12H2,(H,22,25). The van der Waals surface area contributed by atoms with Crippen molar-refractivity contribution in [2.75, 3.05) is 23.3 Å². The van der Waals surface area contributed by atoms with Gasteiger partial charge in [-0.25, -0.2) is 0 Å². The van der Waals surface area contributed by atoms with Crippen molar-refractivity contribution in [1.82, 2.24) is 0 Å². The van der Waals surface area contributed by atoms with Crippen molar-refractivity contribution in [3.8, 4) is 0 Å². The zero-order valence-corrected chi connectivity index (χ0v) is 15.7. The fourth-order valence-electron chi connectivity index (χ4n) is 3.27. The van der Waals surface area contributed by atoms with E-state index in [9.17, 15) is 23.7 Å². The molecular formula is C19H19F2N3O3S. The summed E-state index contributed by atoms with van der Waals surface area (Å²) >= 11 is 0.396. The molecule has 9 heteroatoms. The van der Waals surface area contributed by atoms with E-state index in [-0.39, 0.29) is 17.5 Å². The molecule has 1 amide bonds. The third kappa shape index (κ3) is 4.78. The molecule has 0 bridgehead atoms. The van der Waals surface area contributed by atoms with E-state index in [1.165, 1.54) is 6.07 Å². The highest BCUT2D eigenvalue weighted by Gasteiger charge is 2.28. The Morgan fingerprint density at radius 3 is 2.46 bits per heavy atom. The molecule has 1 aliphatic heterocycles. The first kappa shape index (κ1) is 20.1. The molecule has 28 heavy (non-hydrogen) atoms. The first-order chi connectivity index (χ1) is 13.5. The SMILES string of the molecule is O=C(Nc1ccccc1SC(F)F)C1CCN(c2ccccc2[N+](=O)[O-])CC1. The molecule has 0 aliphatic carbocycles. The molecule has 148 valence electrons. The molecule has 0 aromatic heterocycles. The second-order valence-corrected chi connectivity index (χ2v) is 7.40. The molecular weight excluding hydrogens is 388 g/mol. The third-order valence-electron chi connectivity index (χ3n) is 4.65. The predicted molar refractivity (Wildman–Crippen MR) is 105 cm³/mol. The van der Waals surface area contributed by atoms with Crippen LogP contribution in [0.1, 0.15) is 12.8 Å². The number of hydrogen-bond donors (Lipinski definition) is 1. The smallest absolute Gasteiger partial charge is 0.292 e. The van der Waals surface area contributed by atoms with Crippen LogP contribution in [-0.2, 0) is 4.79 Å². The monoisotopic (exact) mass is 407 g/mol. The Kier molecular flexibility index (Phi) is 6.45. The Hall–Kier alpha value is -2.68. The van der Waals surface area contributed by atoms with Crippen LogP contribution in [0.3, 0.4) is 0 Å². The largest absolute Gasteiger partial charge is 0.366 e. The van der Waals surface area contributed by atoms with Crippen LogP contribution >= 0.6 is 11.8 Å². The van der Waals surface area contributed by atoms with E-state index in [4.69, 9.17) is 0 Å². The first-order valence-corrected chi connectivity index (χ1v) is 9.66. The number of nitrogens with zero attached hydrogens (tertiary/aromatic N) is 2. The van der Waals surface area contributed by atoms with Gasteiger partial charge in [-0.15, -0.1) is 0 Å². The number of thioether (sulfide) groups is 1. The Balaban J connectivity index is 1.63. The van der Waals surface area contributed by atoms with Crippen molar-refractivity contribution in [2.24, 2.45) is 5.92 Å². The molecule has 2 aromatic rings. The summed E-state index contributed by atoms with van der Waals surface area (Å²) in [5.41, 5.74) is 0.965. The fourth-order valence-corrected chi connectivity index (χ4v) is 3.87. The summed E-state index contributed by atoms with van der Waals surface area (Å²) in [5.74, 6) is -3.06. The number of nitrogens with one attached hydrogen (secondary N) is 1. The molecule has 1 heterocycles. The molecule has 6 nitrogen and oxygen atoms in total. The molecule has 0 radical (unpaired) electrons. The lowest BCUT2D eigenvalue weighted by Crippen LogP contribution is -2.38. The summed E-state index contributed by atoms with van der Waals surface area (Å²) in [7, 11) is 0. The molecule has 3 rings (SSSR count). The van der Waals surface area contributed by atoms with Gasteiger partial charge in [-0.05, 0) is 31.0 Å². The van der Waals surface area contributed by atoms with Crippen LogP contribution in [0.2, 0.25) is 0 Å². The van der Waals surface area contributed by atoms with Gasteiger partial charge in [0.05, 0.1) is 10.6 Å². The number of piperidine rings is 1. The summed E-state index contributed by atoms with van der Waals surface area (Å²) < 4.78 is 25.4. The highest BCUT2D eigenvalue weighted by atomic mass is 32.2. The maximum absolute atomic E-state index is 12.7. The van der Waals surface area contributed by atoms with Crippen LogP contribution in [0.25, 0.3) is 0 Å². The minimum atomic E-state index is -2.57. The number of amides is 1. The molecule has 0 unspecified atom stereocenters. The third-order valence-corrected chi connectivity index (χ3v) is 5.43. The van der Waals surface area contributed by atoms with Crippen molar-refractivity contribution >= 4 is 34.7 Å². The summed E-state index contributed by atoms with van der Waals surface area (Å²) in [6.07, 6.45) is 1.06. The Bertz CT molecular complexity index is 858. The van der Waals surface area contributed by atoms with E-state index in [0.717, 1.165) is 0 Å². The Morgan fingerprint density at radius 2 is 1.79 bits per heavy atom. The van der Waals surface area contributed by atoms with E-state index in [1.807, 2.05) is 4.90 Å². The van der Waals surface area contributed by atoms with Gasteiger partial charge in [0, 0.05) is 30.0 Å². The number of hydrogen-bond acceptors (Lipinski definition) is 5. The number of carbonyl (C=O) groups is 1. The minimum Gasteiger partial charge on any atom is -0.366 e. The lowest BCUT2D eigenvalue weighted by Gasteiger charge is -2.32. The number of nitro groups is 1. The van der Waals surface area contributed by atoms with Crippen LogP contribution in [0.4, 0.5) is 25.8 Å². The highest BCUT2D eigenvalue weighted by Crippen LogP contribution is 2.34. The van der Waals surface area contributed by atoms with Crippen molar-refractivity contribution in [3.05, 3.63) is 58.6 Å². The second kappa shape index (κ2) is 9.01. The molecule has 1 aliphatic rings. The minimum absolute atomic E-state index is 0.0448. The van der Waals surface area contributed by atoms with Crippen LogP contribution in [0.15, 0.2) is 53.4 Å². The summed E-state index contributed by atoms with van der Waals surface area (Å²) in [6, 6.07) is 13.0. The average molecular weight is 407 g/mol. The number of carbonyl (C=O) groups excluding carboxylic acids is 1. The van der Waals surface area contributed by atoms with Gasteiger partial charge in [0.1, 0.15) is 5.69 Å². The van der Waals surface area contributed by atoms with Crippen LogP contribution in [-0.4, -0.2) is 29.7 Å². The van der Waals surface area contributed by atoms with E-state index in [2.05, 4.69) is 5.32 Å². The molecule has 0 saturated carbocycles. The van der Waals surface area contributed by atoms with E-state index < -0.39 is 10.7 Å². The maximum atomic E-state index is 12.7. The number of alkyl halides is 2. The normalized spacial score (nSPS) is 14.9. The van der Waals surface area contributed by atoms with E-state index in [0.29, 0.717) is 54.0 Å². The first-order valence-electron chi connectivity index (χ1n) is 8.79. The quantitative estimate of drug-likeness (QED) is 0.424. The van der Waals surface area contributed by atoms with Crippen LogP contribution < -0.4 is 10.2 Å². The van der Waals surface area contributed by atoms with Gasteiger partial charge >= 0.3 is 0 Å². The molecule has 2 aromatic carbocycles. The zero-order chi connectivity index (χ0) is 20.1. The number of rotatable bonds is 6. The van der Waals surface area contributed by atoms with Gasteiger partial charge in [-0.3, -0.25) is 14.9 Å².